The van der Waals surface area contributed by atoms with Crippen molar-refractivity contribution >= 4 is 0 Å². The standard InChI is InChI=1S/C26H44N2/c1-23(2)15-9-16-24(3,4)27(23)19-21-11-13-22(14-12-21)20-28-25(5,6)17-10-18-26(28,7)8/h11-14H,9-10,15-20H2,1-8H3. The maximum Gasteiger partial charge on any atom is 0.0244 e. The molecule has 2 saturated heterocycles. The van der Waals surface area contributed by atoms with Gasteiger partial charge in [0.05, 0.1) is 0 Å². The van der Waals surface area contributed by atoms with Crippen LogP contribution in [-0.4, -0.2) is 32.0 Å². The molecule has 0 unspecified atom stereocenters. The third-order valence-electron chi connectivity index (χ3n) is 7.78. The minimum atomic E-state index is 0.280. The zero-order valence-electron chi connectivity index (χ0n) is 19.9. The van der Waals surface area contributed by atoms with Gasteiger partial charge in [-0.15, -0.1) is 0 Å². The second kappa shape index (κ2) is 7.43. The molecule has 0 bridgehead atoms. The number of piperidine rings is 2. The lowest BCUT2D eigenvalue weighted by Gasteiger charge is -2.53. The number of hydrogen-bond donors (Lipinski definition) is 0. The molecule has 2 heteroatoms. The first kappa shape index (κ1) is 21.8. The van der Waals surface area contributed by atoms with Crippen molar-refractivity contribution in [2.45, 2.75) is 129 Å². The van der Waals surface area contributed by atoms with Crippen molar-refractivity contribution in [2.75, 3.05) is 0 Å². The Morgan fingerprint density at radius 1 is 0.536 bits per heavy atom. The van der Waals surface area contributed by atoms with E-state index in [1.54, 1.807) is 0 Å². The number of rotatable bonds is 4. The number of benzene rings is 1. The zero-order valence-corrected chi connectivity index (χ0v) is 19.9. The molecule has 0 radical (unpaired) electrons. The SMILES string of the molecule is CC1(C)CCCC(C)(C)N1Cc1ccc(CN2C(C)(C)CCCC2(C)C)cc1. The molecule has 0 N–H and O–H groups in total. The highest BCUT2D eigenvalue weighted by molar-refractivity contribution is 5.24. The molecule has 0 saturated carbocycles. The summed E-state index contributed by atoms with van der Waals surface area (Å²) in [5.74, 6) is 0. The van der Waals surface area contributed by atoms with Crippen molar-refractivity contribution < 1.29 is 0 Å². The van der Waals surface area contributed by atoms with E-state index in [-0.39, 0.29) is 22.2 Å². The van der Waals surface area contributed by atoms with E-state index in [1.165, 1.54) is 49.7 Å². The van der Waals surface area contributed by atoms with Gasteiger partial charge in [-0.3, -0.25) is 9.80 Å². The molecule has 0 aromatic heterocycles. The van der Waals surface area contributed by atoms with E-state index >= 15 is 0 Å². The van der Waals surface area contributed by atoms with Gasteiger partial charge in [-0.05, 0) is 105 Å². The highest BCUT2D eigenvalue weighted by Gasteiger charge is 2.42. The molecule has 2 nitrogen and oxygen atoms in total. The van der Waals surface area contributed by atoms with Crippen molar-refractivity contribution in [1.29, 1.82) is 0 Å². The number of hydrogen-bond acceptors (Lipinski definition) is 2. The van der Waals surface area contributed by atoms with Gasteiger partial charge in [0.2, 0.25) is 0 Å². The van der Waals surface area contributed by atoms with Crippen molar-refractivity contribution in [1.82, 2.24) is 9.80 Å². The monoisotopic (exact) mass is 384 g/mol. The summed E-state index contributed by atoms with van der Waals surface area (Å²) in [4.78, 5) is 5.46. The van der Waals surface area contributed by atoms with Crippen LogP contribution in [-0.2, 0) is 13.1 Å². The molecule has 1 aromatic carbocycles. The van der Waals surface area contributed by atoms with Crippen LogP contribution in [0.1, 0.15) is 105 Å². The van der Waals surface area contributed by atoms with Gasteiger partial charge in [0.15, 0.2) is 0 Å². The minimum absolute atomic E-state index is 0.280. The first-order valence-electron chi connectivity index (χ1n) is 11.5. The normalized spacial score (nSPS) is 26.9. The van der Waals surface area contributed by atoms with Gasteiger partial charge in [-0.25, -0.2) is 0 Å². The predicted octanol–water partition coefficient (Wildman–Crippen LogP) is 6.77. The van der Waals surface area contributed by atoms with Crippen molar-refractivity contribution in [3.8, 4) is 0 Å². The molecule has 2 aliphatic rings. The molecular weight excluding hydrogens is 340 g/mol. The summed E-state index contributed by atoms with van der Waals surface area (Å²) in [6.07, 6.45) is 7.89. The molecule has 28 heavy (non-hydrogen) atoms. The van der Waals surface area contributed by atoms with Crippen LogP contribution in [0, 0.1) is 0 Å². The third-order valence-corrected chi connectivity index (χ3v) is 7.78. The van der Waals surface area contributed by atoms with Gasteiger partial charge < -0.3 is 0 Å². The van der Waals surface area contributed by atoms with E-state index in [0.29, 0.717) is 0 Å². The quantitative estimate of drug-likeness (QED) is 0.565. The van der Waals surface area contributed by atoms with Crippen LogP contribution < -0.4 is 0 Å². The highest BCUT2D eigenvalue weighted by Crippen LogP contribution is 2.40. The van der Waals surface area contributed by atoms with Crippen LogP contribution >= 0.6 is 0 Å². The molecule has 0 amide bonds. The summed E-state index contributed by atoms with van der Waals surface area (Å²) in [6.45, 7) is 21.5. The molecule has 158 valence electrons. The Morgan fingerprint density at radius 2 is 0.786 bits per heavy atom. The molecule has 2 aliphatic heterocycles. The first-order chi connectivity index (χ1) is 12.8. The fourth-order valence-electron chi connectivity index (χ4n) is 6.06. The molecule has 1 aromatic rings. The highest BCUT2D eigenvalue weighted by atomic mass is 15.3. The lowest BCUT2D eigenvalue weighted by molar-refractivity contribution is -0.0349. The van der Waals surface area contributed by atoms with Gasteiger partial charge >= 0.3 is 0 Å². The molecule has 3 rings (SSSR count). The topological polar surface area (TPSA) is 6.48 Å². The zero-order chi connectivity index (χ0) is 20.8. The molecule has 0 aliphatic carbocycles. The van der Waals surface area contributed by atoms with Gasteiger partial charge in [0, 0.05) is 35.2 Å². The van der Waals surface area contributed by atoms with Crippen LogP contribution in [0.3, 0.4) is 0 Å². The molecule has 0 spiro atoms. The summed E-state index contributed by atoms with van der Waals surface area (Å²) in [6, 6.07) is 9.50. The molecule has 0 atom stereocenters. The lowest BCUT2D eigenvalue weighted by atomic mass is 9.79. The maximum atomic E-state index is 2.73. The molecular formula is C26H44N2. The van der Waals surface area contributed by atoms with Crippen LogP contribution in [0.15, 0.2) is 24.3 Å². The van der Waals surface area contributed by atoms with Crippen LogP contribution in [0.2, 0.25) is 0 Å². The smallest absolute Gasteiger partial charge is 0.0244 e. The average molecular weight is 385 g/mol. The molecule has 2 heterocycles. The second-order valence-corrected chi connectivity index (χ2v) is 11.9. The Bertz CT molecular complexity index is 575. The van der Waals surface area contributed by atoms with E-state index in [0.717, 1.165) is 13.1 Å². The first-order valence-corrected chi connectivity index (χ1v) is 11.5. The largest absolute Gasteiger partial charge is 0.289 e. The van der Waals surface area contributed by atoms with Crippen LogP contribution in [0.25, 0.3) is 0 Å². The molecule has 2 fully saturated rings. The Morgan fingerprint density at radius 3 is 1.04 bits per heavy atom. The van der Waals surface area contributed by atoms with Crippen LogP contribution in [0.4, 0.5) is 0 Å². The van der Waals surface area contributed by atoms with E-state index in [2.05, 4.69) is 89.5 Å². The summed E-state index contributed by atoms with van der Waals surface area (Å²) in [5, 5.41) is 0. The van der Waals surface area contributed by atoms with E-state index in [9.17, 15) is 0 Å². The lowest BCUT2D eigenvalue weighted by Crippen LogP contribution is -2.58. The summed E-state index contributed by atoms with van der Waals surface area (Å²) < 4.78 is 0. The number of nitrogens with zero attached hydrogens (tertiary/aromatic N) is 2. The van der Waals surface area contributed by atoms with E-state index in [4.69, 9.17) is 0 Å². The summed E-state index contributed by atoms with van der Waals surface area (Å²) in [5.41, 5.74) is 4.02. The Kier molecular flexibility index (Phi) is 5.80. The second-order valence-electron chi connectivity index (χ2n) is 11.9. The average Bonchev–Trinajstić information content (AvgIpc) is 2.55. The van der Waals surface area contributed by atoms with E-state index < -0.39 is 0 Å². The third kappa shape index (κ3) is 4.49. The Balaban J connectivity index is 1.73. The van der Waals surface area contributed by atoms with Crippen molar-refractivity contribution in [2.24, 2.45) is 0 Å². The Hall–Kier alpha value is -0.860. The summed E-state index contributed by atoms with van der Waals surface area (Å²) >= 11 is 0. The maximum absolute atomic E-state index is 2.73. The van der Waals surface area contributed by atoms with Gasteiger partial charge in [0.1, 0.15) is 0 Å². The predicted molar refractivity (Wildman–Crippen MR) is 122 cm³/mol. The Labute approximate surface area is 174 Å². The van der Waals surface area contributed by atoms with Gasteiger partial charge in [-0.2, -0.15) is 0 Å². The fourth-order valence-corrected chi connectivity index (χ4v) is 6.06. The van der Waals surface area contributed by atoms with Crippen molar-refractivity contribution in [3.05, 3.63) is 35.4 Å². The number of likely N-dealkylation sites (tertiary alicyclic amines) is 2. The van der Waals surface area contributed by atoms with Gasteiger partial charge in [0.25, 0.3) is 0 Å². The van der Waals surface area contributed by atoms with E-state index in [1.807, 2.05) is 0 Å². The minimum Gasteiger partial charge on any atom is -0.289 e. The van der Waals surface area contributed by atoms with Crippen molar-refractivity contribution in [3.63, 3.8) is 0 Å². The van der Waals surface area contributed by atoms with Gasteiger partial charge in [-0.1, -0.05) is 24.3 Å². The van der Waals surface area contributed by atoms with Crippen LogP contribution in [0.5, 0.6) is 0 Å². The summed E-state index contributed by atoms with van der Waals surface area (Å²) in [7, 11) is 0. The fraction of sp³-hybridized carbons (Fsp3) is 0.769.